The number of anilines is 1. The van der Waals surface area contributed by atoms with Gasteiger partial charge in [0.1, 0.15) is 5.82 Å². The van der Waals surface area contributed by atoms with Crippen molar-refractivity contribution in [3.8, 4) is 0 Å². The van der Waals surface area contributed by atoms with Gasteiger partial charge in [-0.25, -0.2) is 4.98 Å². The average molecular weight is 289 g/mol. The maximum Gasteiger partial charge on any atom is 0.147 e. The number of nitrogens with two attached hydrogens (primary N) is 1. The van der Waals surface area contributed by atoms with Gasteiger partial charge in [-0.15, -0.1) is 0 Å². The van der Waals surface area contributed by atoms with Crippen LogP contribution in [0.1, 0.15) is 6.92 Å². The van der Waals surface area contributed by atoms with Crippen LogP contribution < -0.4 is 10.6 Å². The molecular formula is C12H18Cl2N4. The molecular weight excluding hydrogens is 271 g/mol. The first-order chi connectivity index (χ1) is 8.61. The average Bonchev–Trinajstić information content (AvgIpc) is 2.38. The molecule has 1 fully saturated rings. The van der Waals surface area contributed by atoms with Gasteiger partial charge in [0.05, 0.1) is 10.0 Å². The van der Waals surface area contributed by atoms with Gasteiger partial charge in [0.2, 0.25) is 0 Å². The first-order valence-corrected chi connectivity index (χ1v) is 6.87. The van der Waals surface area contributed by atoms with Crippen LogP contribution in [0.5, 0.6) is 0 Å². The summed E-state index contributed by atoms with van der Waals surface area (Å²) in [5.41, 5.74) is 5.69. The van der Waals surface area contributed by atoms with E-state index < -0.39 is 0 Å². The second kappa shape index (κ2) is 6.06. The van der Waals surface area contributed by atoms with Crippen LogP contribution in [0.2, 0.25) is 10.0 Å². The van der Waals surface area contributed by atoms with Crippen LogP contribution in [0.25, 0.3) is 0 Å². The first kappa shape index (κ1) is 13.9. The molecule has 1 unspecified atom stereocenters. The number of piperazine rings is 1. The van der Waals surface area contributed by atoms with Gasteiger partial charge in [-0.3, -0.25) is 4.90 Å². The van der Waals surface area contributed by atoms with Gasteiger partial charge < -0.3 is 10.6 Å². The topological polar surface area (TPSA) is 45.4 Å². The Balaban J connectivity index is 2.01. The Bertz CT molecular complexity index is 405. The van der Waals surface area contributed by atoms with Crippen LogP contribution in [0.4, 0.5) is 5.82 Å². The van der Waals surface area contributed by atoms with Crippen molar-refractivity contribution in [1.29, 1.82) is 0 Å². The highest BCUT2D eigenvalue weighted by Crippen LogP contribution is 2.26. The normalized spacial score (nSPS) is 19.0. The molecule has 0 aromatic carbocycles. The van der Waals surface area contributed by atoms with Gasteiger partial charge in [0, 0.05) is 45.0 Å². The van der Waals surface area contributed by atoms with Crippen LogP contribution >= 0.6 is 23.2 Å². The minimum atomic E-state index is 0.431. The molecule has 2 rings (SSSR count). The third kappa shape index (κ3) is 3.06. The van der Waals surface area contributed by atoms with E-state index >= 15 is 0 Å². The number of aromatic nitrogens is 1. The van der Waals surface area contributed by atoms with Gasteiger partial charge >= 0.3 is 0 Å². The SMILES string of the molecule is CC(CN)N1CCN(c2ncc(Cl)cc2Cl)CC1. The fourth-order valence-corrected chi connectivity index (χ4v) is 2.66. The molecule has 2 N–H and O–H groups in total. The van der Waals surface area contributed by atoms with Crippen molar-refractivity contribution in [2.45, 2.75) is 13.0 Å². The van der Waals surface area contributed by atoms with Crippen LogP contribution in [-0.2, 0) is 0 Å². The number of halogens is 2. The highest BCUT2D eigenvalue weighted by Gasteiger charge is 2.22. The number of nitrogens with zero attached hydrogens (tertiary/aromatic N) is 3. The van der Waals surface area contributed by atoms with E-state index in [0.29, 0.717) is 22.6 Å². The van der Waals surface area contributed by atoms with Gasteiger partial charge in [-0.2, -0.15) is 0 Å². The van der Waals surface area contributed by atoms with Gasteiger partial charge in [-0.1, -0.05) is 23.2 Å². The Hall–Kier alpha value is -0.550. The Morgan fingerprint density at radius 2 is 2.00 bits per heavy atom. The Morgan fingerprint density at radius 1 is 1.33 bits per heavy atom. The lowest BCUT2D eigenvalue weighted by Crippen LogP contribution is -2.51. The summed E-state index contributed by atoms with van der Waals surface area (Å²) < 4.78 is 0. The second-order valence-corrected chi connectivity index (χ2v) is 5.41. The minimum Gasteiger partial charge on any atom is -0.353 e. The quantitative estimate of drug-likeness (QED) is 0.922. The predicted octanol–water partition coefficient (Wildman–Crippen LogP) is 1.86. The lowest BCUT2D eigenvalue weighted by atomic mass is 10.2. The van der Waals surface area contributed by atoms with E-state index in [-0.39, 0.29) is 0 Å². The van der Waals surface area contributed by atoms with Gasteiger partial charge in [-0.05, 0) is 13.0 Å². The molecule has 1 saturated heterocycles. The van der Waals surface area contributed by atoms with Crippen molar-refractivity contribution in [2.75, 3.05) is 37.6 Å². The molecule has 1 aromatic heterocycles. The highest BCUT2D eigenvalue weighted by molar-refractivity contribution is 6.36. The molecule has 0 saturated carbocycles. The molecule has 0 bridgehead atoms. The maximum absolute atomic E-state index is 6.17. The molecule has 0 aliphatic carbocycles. The standard InChI is InChI=1S/C12H18Cl2N4/c1-9(7-15)17-2-4-18(5-3-17)12-11(14)6-10(13)8-16-12/h6,8-9H,2-5,7,15H2,1H3. The molecule has 6 heteroatoms. The number of hydrogen-bond acceptors (Lipinski definition) is 4. The molecule has 100 valence electrons. The molecule has 1 aliphatic rings. The van der Waals surface area contributed by atoms with Crippen LogP contribution in [0, 0.1) is 0 Å². The summed E-state index contributed by atoms with van der Waals surface area (Å²) in [6.45, 7) is 6.65. The fraction of sp³-hybridized carbons (Fsp3) is 0.583. The molecule has 1 aliphatic heterocycles. The Kier molecular flexibility index (Phi) is 4.67. The summed E-state index contributed by atoms with van der Waals surface area (Å²) in [5, 5.41) is 1.18. The van der Waals surface area contributed by atoms with Crippen molar-refractivity contribution in [1.82, 2.24) is 9.88 Å². The van der Waals surface area contributed by atoms with Crippen molar-refractivity contribution in [2.24, 2.45) is 5.73 Å². The van der Waals surface area contributed by atoms with Crippen LogP contribution in [-0.4, -0.2) is 48.6 Å². The Morgan fingerprint density at radius 3 is 2.56 bits per heavy atom. The molecule has 0 amide bonds. The zero-order valence-corrected chi connectivity index (χ0v) is 12.0. The van der Waals surface area contributed by atoms with Crippen LogP contribution in [0.15, 0.2) is 12.3 Å². The maximum atomic E-state index is 6.17. The largest absolute Gasteiger partial charge is 0.353 e. The van der Waals surface area contributed by atoms with E-state index in [0.717, 1.165) is 32.0 Å². The summed E-state index contributed by atoms with van der Waals surface area (Å²) in [7, 11) is 0. The summed E-state index contributed by atoms with van der Waals surface area (Å²) in [5.74, 6) is 0.820. The molecule has 1 atom stereocenters. The highest BCUT2D eigenvalue weighted by atomic mass is 35.5. The summed E-state index contributed by atoms with van der Waals surface area (Å²) in [4.78, 5) is 8.89. The second-order valence-electron chi connectivity index (χ2n) is 4.57. The number of hydrogen-bond donors (Lipinski definition) is 1. The van der Waals surface area contributed by atoms with Crippen molar-refractivity contribution < 1.29 is 0 Å². The fourth-order valence-electron chi connectivity index (χ4n) is 2.16. The van der Waals surface area contributed by atoms with Crippen molar-refractivity contribution >= 4 is 29.0 Å². The van der Waals surface area contributed by atoms with E-state index in [1.807, 2.05) is 0 Å². The van der Waals surface area contributed by atoms with E-state index in [9.17, 15) is 0 Å². The van der Waals surface area contributed by atoms with E-state index in [2.05, 4.69) is 21.7 Å². The Labute approximate surface area is 118 Å². The third-order valence-electron chi connectivity index (χ3n) is 3.37. The molecule has 4 nitrogen and oxygen atoms in total. The minimum absolute atomic E-state index is 0.431. The zero-order valence-electron chi connectivity index (χ0n) is 10.4. The zero-order chi connectivity index (χ0) is 13.1. The molecule has 0 radical (unpaired) electrons. The molecule has 18 heavy (non-hydrogen) atoms. The van der Waals surface area contributed by atoms with Crippen LogP contribution in [0.3, 0.4) is 0 Å². The van der Waals surface area contributed by atoms with E-state index in [4.69, 9.17) is 28.9 Å². The lowest BCUT2D eigenvalue weighted by Gasteiger charge is -2.38. The monoisotopic (exact) mass is 288 g/mol. The van der Waals surface area contributed by atoms with E-state index in [1.54, 1.807) is 12.3 Å². The lowest BCUT2D eigenvalue weighted by molar-refractivity contribution is 0.201. The van der Waals surface area contributed by atoms with Crippen molar-refractivity contribution in [3.63, 3.8) is 0 Å². The summed E-state index contributed by atoms with van der Waals surface area (Å²) in [6, 6.07) is 2.17. The molecule has 0 spiro atoms. The number of pyridine rings is 1. The first-order valence-electron chi connectivity index (χ1n) is 6.12. The summed E-state index contributed by atoms with van der Waals surface area (Å²) in [6.07, 6.45) is 1.64. The van der Waals surface area contributed by atoms with Crippen molar-refractivity contribution in [3.05, 3.63) is 22.3 Å². The summed E-state index contributed by atoms with van der Waals surface area (Å²) >= 11 is 12.0. The molecule has 1 aromatic rings. The van der Waals surface area contributed by atoms with E-state index in [1.165, 1.54) is 0 Å². The molecule has 2 heterocycles. The smallest absolute Gasteiger partial charge is 0.147 e. The van der Waals surface area contributed by atoms with Gasteiger partial charge in [0.15, 0.2) is 0 Å². The third-order valence-corrected chi connectivity index (χ3v) is 3.85. The van der Waals surface area contributed by atoms with Gasteiger partial charge in [0.25, 0.3) is 0 Å². The predicted molar refractivity (Wildman–Crippen MR) is 76.6 cm³/mol. The number of rotatable bonds is 3.